The van der Waals surface area contributed by atoms with Crippen LogP contribution in [-0.4, -0.2) is 59.0 Å². The van der Waals surface area contributed by atoms with Gasteiger partial charge in [0.05, 0.1) is 18.0 Å². The molecule has 1 saturated heterocycles. The molecule has 0 bridgehead atoms. The Bertz CT molecular complexity index is 1190. The Balaban J connectivity index is 1.42. The summed E-state index contributed by atoms with van der Waals surface area (Å²) in [4.78, 5) is 29.7. The number of aromatic nitrogens is 1. The largest absolute Gasteiger partial charge is 0.486 e. The van der Waals surface area contributed by atoms with Gasteiger partial charge in [0.25, 0.3) is 0 Å². The first-order valence-corrected chi connectivity index (χ1v) is 11.8. The van der Waals surface area contributed by atoms with Crippen molar-refractivity contribution >= 4 is 17.8 Å². The van der Waals surface area contributed by atoms with Crippen LogP contribution in [0.3, 0.4) is 0 Å². The number of pyridine rings is 1. The number of nitriles is 1. The topological polar surface area (TPSA) is 105 Å². The molecule has 1 saturated carbocycles. The van der Waals surface area contributed by atoms with Crippen molar-refractivity contribution in [3.05, 3.63) is 42.1 Å². The summed E-state index contributed by atoms with van der Waals surface area (Å²) in [6, 6.07) is 10.4. The fourth-order valence-corrected chi connectivity index (χ4v) is 3.90. The van der Waals surface area contributed by atoms with Gasteiger partial charge in [-0.1, -0.05) is 6.07 Å². The number of halogens is 2. The highest BCUT2D eigenvalue weighted by Crippen LogP contribution is 2.35. The molecule has 2 aromatic rings. The van der Waals surface area contributed by atoms with Gasteiger partial charge in [0.1, 0.15) is 35.5 Å². The number of carbonyl (C=O) groups excluding carboxylic acids is 2. The fourth-order valence-electron chi connectivity index (χ4n) is 3.90. The molecule has 1 aliphatic carbocycles. The Morgan fingerprint density at radius 3 is 2.53 bits per heavy atom. The van der Waals surface area contributed by atoms with E-state index < -0.39 is 42.0 Å². The van der Waals surface area contributed by atoms with E-state index in [-0.39, 0.29) is 43.1 Å². The Morgan fingerprint density at radius 2 is 1.89 bits per heavy atom. The second kappa shape index (κ2) is 10.1. The third-order valence-corrected chi connectivity index (χ3v) is 5.91. The van der Waals surface area contributed by atoms with Crippen LogP contribution < -0.4 is 10.1 Å². The zero-order chi connectivity index (χ0) is 26.0. The maximum atomic E-state index is 14.9. The molecule has 1 N–H and O–H groups in total. The van der Waals surface area contributed by atoms with E-state index in [2.05, 4.69) is 16.4 Å². The number of carbonyl (C=O) groups is 2. The van der Waals surface area contributed by atoms with E-state index >= 15 is 0 Å². The predicted molar refractivity (Wildman–Crippen MR) is 128 cm³/mol. The molecule has 2 heterocycles. The molecule has 4 rings (SSSR count). The zero-order valence-corrected chi connectivity index (χ0v) is 20.3. The van der Waals surface area contributed by atoms with Gasteiger partial charge in [-0.2, -0.15) is 5.26 Å². The van der Waals surface area contributed by atoms with Crippen molar-refractivity contribution in [3.63, 3.8) is 0 Å². The van der Waals surface area contributed by atoms with Gasteiger partial charge >= 0.3 is 6.09 Å². The first kappa shape index (κ1) is 25.4. The standard InChI is InChI=1S/C26H28F2N4O4/c1-26(2,3)36-25(34)32-9-7-22(20(28)14-32)35-21-5-4-15(10-17(21)13-29)16-6-8-30-23(11-16)31-24(33)18-12-19(18)27/h4-6,8,10-11,18-20,22H,7,9,12,14H2,1-3H3,(H,30,31,33)/t18-,19-,20?,22?/m1/s1. The van der Waals surface area contributed by atoms with Crippen molar-refractivity contribution in [1.82, 2.24) is 9.88 Å². The van der Waals surface area contributed by atoms with Crippen LogP contribution >= 0.6 is 0 Å². The average Bonchev–Trinajstić information content (AvgIpc) is 3.56. The van der Waals surface area contributed by atoms with Crippen molar-refractivity contribution < 1.29 is 27.8 Å². The van der Waals surface area contributed by atoms with Crippen LogP contribution in [0.25, 0.3) is 11.1 Å². The highest BCUT2D eigenvalue weighted by atomic mass is 19.1. The number of hydrogen-bond donors (Lipinski definition) is 1. The molecule has 10 heteroatoms. The van der Waals surface area contributed by atoms with Crippen LogP contribution in [0.1, 0.15) is 39.2 Å². The molecule has 2 unspecified atom stereocenters. The van der Waals surface area contributed by atoms with Gasteiger partial charge in [-0.25, -0.2) is 18.6 Å². The number of amides is 2. The smallest absolute Gasteiger partial charge is 0.410 e. The molecule has 8 nitrogen and oxygen atoms in total. The van der Waals surface area contributed by atoms with Crippen LogP contribution in [-0.2, 0) is 9.53 Å². The lowest BCUT2D eigenvalue weighted by Crippen LogP contribution is -2.50. The van der Waals surface area contributed by atoms with Crippen molar-refractivity contribution in [3.8, 4) is 22.9 Å². The molecule has 2 aliphatic rings. The molecule has 36 heavy (non-hydrogen) atoms. The fraction of sp³-hybridized carbons (Fsp3) is 0.462. The van der Waals surface area contributed by atoms with E-state index in [9.17, 15) is 23.6 Å². The Morgan fingerprint density at radius 1 is 1.17 bits per heavy atom. The third kappa shape index (κ3) is 6.08. The molecule has 4 atom stereocenters. The quantitative estimate of drug-likeness (QED) is 0.644. The van der Waals surface area contributed by atoms with Crippen LogP contribution in [0, 0.1) is 17.2 Å². The molecular formula is C26H28F2N4O4. The molecule has 0 spiro atoms. The second-order valence-corrected chi connectivity index (χ2v) is 9.99. The highest BCUT2D eigenvalue weighted by molar-refractivity contribution is 5.94. The van der Waals surface area contributed by atoms with Gasteiger partial charge in [0, 0.05) is 19.2 Å². The molecule has 0 radical (unpaired) electrons. The number of piperidine rings is 1. The number of rotatable bonds is 5. The summed E-state index contributed by atoms with van der Waals surface area (Å²) in [5, 5.41) is 12.3. The Hall–Kier alpha value is -3.74. The maximum Gasteiger partial charge on any atom is 0.410 e. The SMILES string of the molecule is CC(C)(C)OC(=O)N1CCC(Oc2ccc(-c3ccnc(NC(=O)[C@@H]4C[C@H]4F)c3)cc2C#N)C(F)C1. The lowest BCUT2D eigenvalue weighted by molar-refractivity contribution is -0.117. The summed E-state index contributed by atoms with van der Waals surface area (Å²) in [7, 11) is 0. The summed E-state index contributed by atoms with van der Waals surface area (Å²) in [5.74, 6) is -0.517. The lowest BCUT2D eigenvalue weighted by atomic mass is 10.0. The highest BCUT2D eigenvalue weighted by Gasteiger charge is 2.43. The van der Waals surface area contributed by atoms with E-state index in [1.165, 1.54) is 11.1 Å². The number of likely N-dealkylation sites (tertiary alicyclic amines) is 1. The van der Waals surface area contributed by atoms with E-state index in [1.54, 1.807) is 51.1 Å². The molecule has 2 amide bonds. The van der Waals surface area contributed by atoms with Gasteiger partial charge in [-0.05, 0) is 62.6 Å². The average molecular weight is 499 g/mol. The first-order chi connectivity index (χ1) is 17.0. The van der Waals surface area contributed by atoms with Gasteiger partial charge in [-0.15, -0.1) is 0 Å². The number of nitrogens with one attached hydrogen (secondary N) is 1. The van der Waals surface area contributed by atoms with Crippen LogP contribution in [0.5, 0.6) is 5.75 Å². The normalized spacial score (nSPS) is 23.4. The van der Waals surface area contributed by atoms with Crippen molar-refractivity contribution in [1.29, 1.82) is 5.26 Å². The summed E-state index contributed by atoms with van der Waals surface area (Å²) in [6.07, 6.45) is -1.95. The number of hydrogen-bond acceptors (Lipinski definition) is 6. The molecule has 2 fully saturated rings. The number of nitrogens with zero attached hydrogens (tertiary/aromatic N) is 3. The lowest BCUT2D eigenvalue weighted by Gasteiger charge is -2.35. The Labute approximate surface area is 208 Å². The zero-order valence-electron chi connectivity index (χ0n) is 20.3. The van der Waals surface area contributed by atoms with Crippen LogP contribution in [0.15, 0.2) is 36.5 Å². The van der Waals surface area contributed by atoms with Crippen molar-refractivity contribution in [2.24, 2.45) is 5.92 Å². The van der Waals surface area contributed by atoms with Crippen LogP contribution in [0.2, 0.25) is 0 Å². The number of benzene rings is 1. The number of alkyl halides is 2. The van der Waals surface area contributed by atoms with Gasteiger partial charge in [0.2, 0.25) is 5.91 Å². The summed E-state index contributed by atoms with van der Waals surface area (Å²) in [6.45, 7) is 5.36. The second-order valence-electron chi connectivity index (χ2n) is 9.99. The van der Waals surface area contributed by atoms with E-state index in [0.29, 0.717) is 11.1 Å². The molecule has 190 valence electrons. The number of anilines is 1. The minimum Gasteiger partial charge on any atom is -0.486 e. The van der Waals surface area contributed by atoms with E-state index in [1.807, 2.05) is 0 Å². The van der Waals surface area contributed by atoms with E-state index in [4.69, 9.17) is 9.47 Å². The third-order valence-electron chi connectivity index (χ3n) is 5.91. The van der Waals surface area contributed by atoms with Crippen molar-refractivity contribution in [2.45, 2.75) is 57.7 Å². The molecule has 1 aromatic carbocycles. The number of ether oxygens (including phenoxy) is 2. The maximum absolute atomic E-state index is 14.9. The van der Waals surface area contributed by atoms with Gasteiger partial charge in [-0.3, -0.25) is 4.79 Å². The molecule has 1 aromatic heterocycles. The molecule has 1 aliphatic heterocycles. The van der Waals surface area contributed by atoms with Gasteiger partial charge in [0.15, 0.2) is 6.17 Å². The van der Waals surface area contributed by atoms with Crippen LogP contribution in [0.4, 0.5) is 19.4 Å². The summed E-state index contributed by atoms with van der Waals surface area (Å²) in [5.41, 5.74) is 0.901. The summed E-state index contributed by atoms with van der Waals surface area (Å²) < 4.78 is 39.2. The first-order valence-electron chi connectivity index (χ1n) is 11.8. The predicted octanol–water partition coefficient (Wildman–Crippen LogP) is 4.64. The minimum absolute atomic E-state index is 0.158. The Kier molecular flexibility index (Phi) is 7.11. The summed E-state index contributed by atoms with van der Waals surface area (Å²) >= 11 is 0. The van der Waals surface area contributed by atoms with Crippen molar-refractivity contribution in [2.75, 3.05) is 18.4 Å². The van der Waals surface area contributed by atoms with E-state index in [0.717, 1.165) is 0 Å². The minimum atomic E-state index is -1.45. The van der Waals surface area contributed by atoms with Gasteiger partial charge < -0.3 is 19.7 Å². The molecular weight excluding hydrogens is 470 g/mol. The monoisotopic (exact) mass is 498 g/mol.